The van der Waals surface area contributed by atoms with Gasteiger partial charge in [-0.05, 0) is 17.7 Å². The number of ether oxygens (including phenoxy) is 2. The minimum atomic E-state index is 0.313. The molecule has 0 bridgehead atoms. The summed E-state index contributed by atoms with van der Waals surface area (Å²) in [5.41, 5.74) is 6.39. The van der Waals surface area contributed by atoms with Crippen LogP contribution < -0.4 is 15.2 Å². The molecule has 2 N–H and O–H groups in total. The number of hydrogen-bond donors (Lipinski definition) is 1. The Labute approximate surface area is 82.8 Å². The van der Waals surface area contributed by atoms with E-state index in [0.717, 1.165) is 17.1 Å². The standard InChI is InChI=1S/C11H11NO2/c12-6-2-1-3-9-4-5-10-11(7-9)14-8-13-10/h4-5,7H,3,6,8,12H2. The summed E-state index contributed by atoms with van der Waals surface area (Å²) in [6.07, 6.45) is 0.702. The predicted molar refractivity (Wildman–Crippen MR) is 53.1 cm³/mol. The van der Waals surface area contributed by atoms with Gasteiger partial charge in [0.05, 0.1) is 6.54 Å². The average molecular weight is 189 g/mol. The van der Waals surface area contributed by atoms with Crippen molar-refractivity contribution < 1.29 is 9.47 Å². The van der Waals surface area contributed by atoms with Crippen LogP contribution in [0.1, 0.15) is 5.56 Å². The average Bonchev–Trinajstić information content (AvgIpc) is 2.65. The van der Waals surface area contributed by atoms with Gasteiger partial charge in [0.15, 0.2) is 11.5 Å². The minimum Gasteiger partial charge on any atom is -0.454 e. The first-order chi connectivity index (χ1) is 6.90. The monoisotopic (exact) mass is 189 g/mol. The normalized spacial score (nSPS) is 12.1. The Morgan fingerprint density at radius 2 is 2.07 bits per heavy atom. The molecule has 0 saturated carbocycles. The quantitative estimate of drug-likeness (QED) is 0.668. The summed E-state index contributed by atoms with van der Waals surface area (Å²) in [4.78, 5) is 0. The van der Waals surface area contributed by atoms with Crippen molar-refractivity contribution in [2.75, 3.05) is 13.3 Å². The lowest BCUT2D eigenvalue weighted by molar-refractivity contribution is 0.174. The molecule has 1 aliphatic heterocycles. The van der Waals surface area contributed by atoms with Crippen molar-refractivity contribution in [2.24, 2.45) is 5.73 Å². The molecular formula is C11H11NO2. The molecule has 0 amide bonds. The zero-order chi connectivity index (χ0) is 9.80. The van der Waals surface area contributed by atoms with E-state index in [-0.39, 0.29) is 0 Å². The van der Waals surface area contributed by atoms with Gasteiger partial charge < -0.3 is 15.2 Å². The molecule has 0 radical (unpaired) electrons. The molecule has 0 aliphatic carbocycles. The van der Waals surface area contributed by atoms with Gasteiger partial charge in [-0.25, -0.2) is 0 Å². The highest BCUT2D eigenvalue weighted by atomic mass is 16.7. The fourth-order valence-electron chi connectivity index (χ4n) is 1.29. The first-order valence-electron chi connectivity index (χ1n) is 4.44. The molecule has 1 aromatic rings. The van der Waals surface area contributed by atoms with Gasteiger partial charge in [-0.15, -0.1) is 0 Å². The molecule has 0 atom stereocenters. The maximum absolute atomic E-state index is 5.26. The highest BCUT2D eigenvalue weighted by Crippen LogP contribution is 2.32. The molecule has 3 nitrogen and oxygen atoms in total. The van der Waals surface area contributed by atoms with Gasteiger partial charge in [0.2, 0.25) is 6.79 Å². The number of fused-ring (bicyclic) bond motifs is 1. The molecule has 3 heteroatoms. The summed E-state index contributed by atoms with van der Waals surface area (Å²) >= 11 is 0. The third-order valence-corrected chi connectivity index (χ3v) is 1.96. The molecular weight excluding hydrogens is 178 g/mol. The second-order valence-electron chi connectivity index (χ2n) is 2.92. The number of nitrogens with two attached hydrogens (primary N) is 1. The van der Waals surface area contributed by atoms with E-state index in [1.807, 2.05) is 18.2 Å². The highest BCUT2D eigenvalue weighted by Gasteiger charge is 2.12. The second kappa shape index (κ2) is 4.03. The van der Waals surface area contributed by atoms with Gasteiger partial charge in [0.1, 0.15) is 0 Å². The van der Waals surface area contributed by atoms with Crippen molar-refractivity contribution in [3.8, 4) is 23.3 Å². The van der Waals surface area contributed by atoms with E-state index in [1.165, 1.54) is 0 Å². The van der Waals surface area contributed by atoms with Crippen LogP contribution >= 0.6 is 0 Å². The Morgan fingerprint density at radius 1 is 1.21 bits per heavy atom. The van der Waals surface area contributed by atoms with Crippen LogP contribution in [0.25, 0.3) is 0 Å². The molecule has 1 aliphatic rings. The van der Waals surface area contributed by atoms with Crippen LogP contribution in [0.5, 0.6) is 11.5 Å². The van der Waals surface area contributed by atoms with Crippen LogP contribution in [0.15, 0.2) is 18.2 Å². The number of benzene rings is 1. The number of rotatable bonds is 1. The maximum atomic E-state index is 5.26. The van der Waals surface area contributed by atoms with E-state index in [2.05, 4.69) is 11.8 Å². The predicted octanol–water partition coefficient (Wildman–Crippen LogP) is 0.920. The lowest BCUT2D eigenvalue weighted by atomic mass is 10.1. The lowest BCUT2D eigenvalue weighted by Gasteiger charge is -1.97. The first kappa shape index (κ1) is 8.92. The summed E-state index contributed by atoms with van der Waals surface area (Å²) in [6, 6.07) is 5.84. The molecule has 72 valence electrons. The van der Waals surface area contributed by atoms with Crippen LogP contribution in [0.4, 0.5) is 0 Å². The van der Waals surface area contributed by atoms with E-state index in [1.54, 1.807) is 0 Å². The van der Waals surface area contributed by atoms with Gasteiger partial charge in [-0.2, -0.15) is 0 Å². The summed E-state index contributed by atoms with van der Waals surface area (Å²) in [7, 11) is 0. The van der Waals surface area contributed by atoms with Crippen molar-refractivity contribution in [1.29, 1.82) is 0 Å². The van der Waals surface area contributed by atoms with Crippen LogP contribution in [0, 0.1) is 11.8 Å². The molecule has 14 heavy (non-hydrogen) atoms. The Balaban J connectivity index is 2.12. The number of hydrogen-bond acceptors (Lipinski definition) is 3. The largest absolute Gasteiger partial charge is 0.454 e. The van der Waals surface area contributed by atoms with Gasteiger partial charge in [-0.1, -0.05) is 17.9 Å². The summed E-state index contributed by atoms with van der Waals surface area (Å²) in [6.45, 7) is 0.720. The van der Waals surface area contributed by atoms with Crippen molar-refractivity contribution in [2.45, 2.75) is 6.42 Å². The molecule has 0 unspecified atom stereocenters. The van der Waals surface area contributed by atoms with E-state index in [4.69, 9.17) is 15.2 Å². The maximum Gasteiger partial charge on any atom is 0.231 e. The molecule has 0 spiro atoms. The van der Waals surface area contributed by atoms with E-state index < -0.39 is 0 Å². The molecule has 2 rings (SSSR count). The van der Waals surface area contributed by atoms with Crippen LogP contribution in [0.3, 0.4) is 0 Å². The van der Waals surface area contributed by atoms with E-state index in [0.29, 0.717) is 19.8 Å². The highest BCUT2D eigenvalue weighted by molar-refractivity contribution is 5.45. The summed E-state index contributed by atoms with van der Waals surface area (Å²) in [5, 5.41) is 0. The van der Waals surface area contributed by atoms with Crippen LogP contribution in [-0.2, 0) is 6.42 Å². The molecule has 0 fully saturated rings. The zero-order valence-electron chi connectivity index (χ0n) is 7.75. The van der Waals surface area contributed by atoms with E-state index >= 15 is 0 Å². The van der Waals surface area contributed by atoms with Crippen molar-refractivity contribution in [1.82, 2.24) is 0 Å². The third-order valence-electron chi connectivity index (χ3n) is 1.96. The Morgan fingerprint density at radius 3 is 2.93 bits per heavy atom. The van der Waals surface area contributed by atoms with Gasteiger partial charge in [0, 0.05) is 6.42 Å². The van der Waals surface area contributed by atoms with E-state index in [9.17, 15) is 0 Å². The zero-order valence-corrected chi connectivity index (χ0v) is 7.75. The van der Waals surface area contributed by atoms with Gasteiger partial charge in [-0.3, -0.25) is 0 Å². The Kier molecular flexibility index (Phi) is 2.57. The fraction of sp³-hybridized carbons (Fsp3) is 0.273. The molecule has 0 aromatic heterocycles. The molecule has 1 heterocycles. The SMILES string of the molecule is NCC#CCc1ccc2c(c1)OCO2. The van der Waals surface area contributed by atoms with Gasteiger partial charge >= 0.3 is 0 Å². The molecule has 1 aromatic carbocycles. The Bertz CT molecular complexity index is 390. The Hall–Kier alpha value is -1.66. The summed E-state index contributed by atoms with van der Waals surface area (Å²) in [5.74, 6) is 7.40. The first-order valence-corrected chi connectivity index (χ1v) is 4.44. The van der Waals surface area contributed by atoms with Crippen molar-refractivity contribution in [3.05, 3.63) is 23.8 Å². The van der Waals surface area contributed by atoms with Crippen LogP contribution in [0.2, 0.25) is 0 Å². The lowest BCUT2D eigenvalue weighted by Crippen LogP contribution is -1.93. The third kappa shape index (κ3) is 1.81. The second-order valence-corrected chi connectivity index (χ2v) is 2.92. The minimum absolute atomic E-state index is 0.313. The van der Waals surface area contributed by atoms with Gasteiger partial charge in [0.25, 0.3) is 0 Å². The topological polar surface area (TPSA) is 44.5 Å². The molecule has 0 saturated heterocycles. The van der Waals surface area contributed by atoms with Crippen LogP contribution in [-0.4, -0.2) is 13.3 Å². The fourth-order valence-corrected chi connectivity index (χ4v) is 1.29. The smallest absolute Gasteiger partial charge is 0.231 e. The summed E-state index contributed by atoms with van der Waals surface area (Å²) < 4.78 is 10.5. The van der Waals surface area contributed by atoms with Crippen molar-refractivity contribution >= 4 is 0 Å². The van der Waals surface area contributed by atoms with Crippen molar-refractivity contribution in [3.63, 3.8) is 0 Å².